The standard InChI is InChI=1S/C28H29FN4O3/c29-23-12-10-21(11-13-23)18-27(35)33-16-14-32(15-17-33)20-26(34)31-25-9-5-4-8-24(25)28(36)30-19-22-6-2-1-3-7-22/h1-13H,14-20H2,(H,30,36)(H,31,34). The van der Waals surface area contributed by atoms with Crippen LogP contribution in [0.2, 0.25) is 0 Å². The molecule has 3 amide bonds. The van der Waals surface area contributed by atoms with E-state index in [4.69, 9.17) is 0 Å². The Balaban J connectivity index is 1.25. The number of anilines is 1. The van der Waals surface area contributed by atoms with Gasteiger partial charge in [-0.25, -0.2) is 4.39 Å². The fraction of sp³-hybridized carbons (Fsp3) is 0.250. The van der Waals surface area contributed by atoms with E-state index in [2.05, 4.69) is 10.6 Å². The number of hydrogen-bond acceptors (Lipinski definition) is 4. The van der Waals surface area contributed by atoms with Crippen molar-refractivity contribution in [1.82, 2.24) is 15.1 Å². The lowest BCUT2D eigenvalue weighted by Crippen LogP contribution is -2.50. The Kier molecular flexibility index (Phi) is 8.41. The molecule has 3 aromatic carbocycles. The first-order valence-electron chi connectivity index (χ1n) is 11.9. The van der Waals surface area contributed by atoms with Crippen molar-refractivity contribution in [2.45, 2.75) is 13.0 Å². The molecule has 1 saturated heterocycles. The van der Waals surface area contributed by atoms with Crippen LogP contribution in [0.1, 0.15) is 21.5 Å². The summed E-state index contributed by atoms with van der Waals surface area (Å²) in [5.41, 5.74) is 2.62. The molecule has 0 radical (unpaired) electrons. The van der Waals surface area contributed by atoms with Crippen molar-refractivity contribution in [3.63, 3.8) is 0 Å². The third-order valence-corrected chi connectivity index (χ3v) is 6.10. The molecular weight excluding hydrogens is 459 g/mol. The van der Waals surface area contributed by atoms with Crippen LogP contribution in [0.15, 0.2) is 78.9 Å². The van der Waals surface area contributed by atoms with Crippen LogP contribution in [0, 0.1) is 5.82 Å². The van der Waals surface area contributed by atoms with Crippen molar-refractivity contribution in [3.8, 4) is 0 Å². The number of rotatable bonds is 8. The van der Waals surface area contributed by atoms with Gasteiger partial charge in [0.15, 0.2) is 0 Å². The molecule has 0 saturated carbocycles. The quantitative estimate of drug-likeness (QED) is 0.511. The van der Waals surface area contributed by atoms with E-state index in [1.54, 1.807) is 41.3 Å². The van der Waals surface area contributed by atoms with Crippen molar-refractivity contribution in [2.75, 3.05) is 38.0 Å². The number of halogens is 1. The first-order chi connectivity index (χ1) is 17.5. The molecule has 36 heavy (non-hydrogen) atoms. The molecule has 186 valence electrons. The smallest absolute Gasteiger partial charge is 0.253 e. The Morgan fingerprint density at radius 1 is 0.778 bits per heavy atom. The minimum atomic E-state index is -0.325. The summed E-state index contributed by atoms with van der Waals surface area (Å²) >= 11 is 0. The summed E-state index contributed by atoms with van der Waals surface area (Å²) in [5, 5.41) is 5.74. The van der Waals surface area contributed by atoms with Crippen LogP contribution in [0.3, 0.4) is 0 Å². The summed E-state index contributed by atoms with van der Waals surface area (Å²) in [7, 11) is 0. The highest BCUT2D eigenvalue weighted by molar-refractivity contribution is 6.04. The molecule has 8 heteroatoms. The number of hydrogen-bond donors (Lipinski definition) is 2. The lowest BCUT2D eigenvalue weighted by atomic mass is 10.1. The Bertz CT molecular complexity index is 1190. The van der Waals surface area contributed by atoms with Gasteiger partial charge in [0.25, 0.3) is 5.91 Å². The average molecular weight is 489 g/mol. The third-order valence-electron chi connectivity index (χ3n) is 6.10. The summed E-state index contributed by atoms with van der Waals surface area (Å²) in [4.78, 5) is 41.8. The van der Waals surface area contributed by atoms with Gasteiger partial charge in [-0.2, -0.15) is 0 Å². The highest BCUT2D eigenvalue weighted by Crippen LogP contribution is 2.16. The summed E-state index contributed by atoms with van der Waals surface area (Å²) in [5.74, 6) is -0.817. The molecule has 1 heterocycles. The van der Waals surface area contributed by atoms with Gasteiger partial charge in [-0.1, -0.05) is 54.6 Å². The van der Waals surface area contributed by atoms with E-state index >= 15 is 0 Å². The van der Waals surface area contributed by atoms with Crippen LogP contribution < -0.4 is 10.6 Å². The molecule has 0 unspecified atom stereocenters. The molecule has 1 aliphatic rings. The highest BCUT2D eigenvalue weighted by Gasteiger charge is 2.23. The van der Waals surface area contributed by atoms with Gasteiger partial charge in [-0.05, 0) is 35.4 Å². The highest BCUT2D eigenvalue weighted by atomic mass is 19.1. The van der Waals surface area contributed by atoms with E-state index in [0.717, 1.165) is 11.1 Å². The maximum atomic E-state index is 13.1. The lowest BCUT2D eigenvalue weighted by molar-refractivity contribution is -0.132. The average Bonchev–Trinajstić information content (AvgIpc) is 2.90. The fourth-order valence-electron chi connectivity index (χ4n) is 4.10. The van der Waals surface area contributed by atoms with Crippen molar-refractivity contribution >= 4 is 23.4 Å². The van der Waals surface area contributed by atoms with Crippen molar-refractivity contribution < 1.29 is 18.8 Å². The van der Waals surface area contributed by atoms with E-state index in [-0.39, 0.29) is 36.5 Å². The van der Waals surface area contributed by atoms with E-state index in [1.807, 2.05) is 35.2 Å². The van der Waals surface area contributed by atoms with Crippen molar-refractivity contribution in [2.24, 2.45) is 0 Å². The summed E-state index contributed by atoms with van der Waals surface area (Å²) in [6, 6.07) is 22.5. The first kappa shape index (κ1) is 25.1. The summed E-state index contributed by atoms with van der Waals surface area (Å²) in [6.45, 7) is 2.74. The molecule has 0 bridgehead atoms. The molecule has 1 fully saturated rings. The summed E-state index contributed by atoms with van der Waals surface area (Å²) < 4.78 is 13.1. The van der Waals surface area contributed by atoms with E-state index in [0.29, 0.717) is 44.0 Å². The van der Waals surface area contributed by atoms with E-state index in [9.17, 15) is 18.8 Å². The zero-order chi connectivity index (χ0) is 25.3. The molecular formula is C28H29FN4O3. The minimum absolute atomic E-state index is 0.0128. The van der Waals surface area contributed by atoms with Crippen LogP contribution in [0.5, 0.6) is 0 Å². The van der Waals surface area contributed by atoms with Crippen LogP contribution in [-0.2, 0) is 22.6 Å². The number of nitrogens with one attached hydrogen (secondary N) is 2. The molecule has 0 spiro atoms. The van der Waals surface area contributed by atoms with E-state index < -0.39 is 0 Å². The molecule has 1 aliphatic heterocycles. The number of nitrogens with zero attached hydrogens (tertiary/aromatic N) is 2. The molecule has 4 rings (SSSR count). The second-order valence-electron chi connectivity index (χ2n) is 8.72. The Labute approximate surface area is 209 Å². The molecule has 0 aromatic heterocycles. The molecule has 2 N–H and O–H groups in total. The maximum Gasteiger partial charge on any atom is 0.253 e. The second-order valence-corrected chi connectivity index (χ2v) is 8.72. The van der Waals surface area contributed by atoms with E-state index in [1.165, 1.54) is 12.1 Å². The Hall–Kier alpha value is -4.04. The fourth-order valence-corrected chi connectivity index (χ4v) is 4.10. The number of benzene rings is 3. The predicted molar refractivity (Wildman–Crippen MR) is 136 cm³/mol. The summed E-state index contributed by atoms with van der Waals surface area (Å²) in [6.07, 6.45) is 0.226. The SMILES string of the molecule is O=C(CN1CCN(C(=O)Cc2ccc(F)cc2)CC1)Nc1ccccc1C(=O)NCc1ccccc1. The van der Waals surface area contributed by atoms with Gasteiger partial charge in [0.2, 0.25) is 11.8 Å². The molecule has 3 aromatic rings. The second kappa shape index (κ2) is 12.1. The van der Waals surface area contributed by atoms with Crippen LogP contribution >= 0.6 is 0 Å². The predicted octanol–water partition coefficient (Wildman–Crippen LogP) is 3.08. The maximum absolute atomic E-state index is 13.1. The first-order valence-corrected chi connectivity index (χ1v) is 11.9. The van der Waals surface area contributed by atoms with Crippen LogP contribution in [-0.4, -0.2) is 60.2 Å². The zero-order valence-corrected chi connectivity index (χ0v) is 20.0. The normalized spacial score (nSPS) is 13.8. The van der Waals surface area contributed by atoms with Crippen LogP contribution in [0.4, 0.5) is 10.1 Å². The number of carbonyl (C=O) groups is 3. The van der Waals surface area contributed by atoms with Gasteiger partial charge >= 0.3 is 0 Å². The van der Waals surface area contributed by atoms with Gasteiger partial charge in [0.05, 0.1) is 24.2 Å². The molecule has 0 atom stereocenters. The Morgan fingerprint density at radius 3 is 2.17 bits per heavy atom. The lowest BCUT2D eigenvalue weighted by Gasteiger charge is -2.34. The van der Waals surface area contributed by atoms with Crippen LogP contribution in [0.25, 0.3) is 0 Å². The van der Waals surface area contributed by atoms with Crippen molar-refractivity contribution in [3.05, 3.63) is 101 Å². The zero-order valence-electron chi connectivity index (χ0n) is 20.0. The molecule has 0 aliphatic carbocycles. The number of para-hydroxylation sites is 1. The molecule has 7 nitrogen and oxygen atoms in total. The minimum Gasteiger partial charge on any atom is -0.348 e. The largest absolute Gasteiger partial charge is 0.348 e. The van der Waals surface area contributed by atoms with Crippen molar-refractivity contribution in [1.29, 1.82) is 0 Å². The topological polar surface area (TPSA) is 81.8 Å². The third kappa shape index (κ3) is 6.99. The van der Waals surface area contributed by atoms with Gasteiger partial charge in [0, 0.05) is 32.7 Å². The van der Waals surface area contributed by atoms with Gasteiger partial charge in [-0.15, -0.1) is 0 Å². The monoisotopic (exact) mass is 488 g/mol. The van der Waals surface area contributed by atoms with Gasteiger partial charge < -0.3 is 15.5 Å². The van der Waals surface area contributed by atoms with Gasteiger partial charge in [-0.3, -0.25) is 19.3 Å². The number of piperazine rings is 1. The van der Waals surface area contributed by atoms with Gasteiger partial charge in [0.1, 0.15) is 5.82 Å². The number of carbonyl (C=O) groups excluding carboxylic acids is 3. The Morgan fingerprint density at radius 2 is 1.44 bits per heavy atom. The number of amides is 3.